The summed E-state index contributed by atoms with van der Waals surface area (Å²) < 4.78 is 29.2. The second-order valence-electron chi connectivity index (χ2n) is 5.52. The van der Waals surface area contributed by atoms with E-state index in [9.17, 15) is 13.6 Å². The van der Waals surface area contributed by atoms with Gasteiger partial charge in [-0.15, -0.1) is 0 Å². The zero-order chi connectivity index (χ0) is 17.5. The third kappa shape index (κ3) is 5.12. The zero-order valence-corrected chi connectivity index (χ0v) is 14.2. The van der Waals surface area contributed by atoms with Crippen molar-refractivity contribution in [3.8, 4) is 0 Å². The number of carbonyl (C=O) groups excluding carboxylic acids is 1. The summed E-state index contributed by atoms with van der Waals surface area (Å²) in [6.07, 6.45) is 2.56. The first kappa shape index (κ1) is 18.6. The molecule has 0 bridgehead atoms. The number of esters is 1. The second kappa shape index (κ2) is 8.92. The lowest BCUT2D eigenvalue weighted by molar-refractivity contribution is -0.148. The number of anilines is 1. The lowest BCUT2D eigenvalue weighted by Crippen LogP contribution is -2.37. The Morgan fingerprint density at radius 3 is 2.79 bits per heavy atom. The Morgan fingerprint density at radius 2 is 2.17 bits per heavy atom. The maximum absolute atomic E-state index is 12.1. The summed E-state index contributed by atoms with van der Waals surface area (Å²) in [4.78, 5) is 22.3. The molecule has 0 aliphatic carbocycles. The van der Waals surface area contributed by atoms with E-state index in [1.165, 1.54) is 6.20 Å². The van der Waals surface area contributed by atoms with E-state index in [0.29, 0.717) is 50.5 Å². The van der Waals surface area contributed by atoms with Gasteiger partial charge in [0.25, 0.3) is 6.08 Å². The molecule has 0 atom stereocenters. The minimum absolute atomic E-state index is 0.103. The summed E-state index contributed by atoms with van der Waals surface area (Å²) >= 11 is 6.12. The summed E-state index contributed by atoms with van der Waals surface area (Å²) in [5.74, 6) is 0.276. The molecule has 1 aromatic rings. The van der Waals surface area contributed by atoms with E-state index in [1.54, 1.807) is 6.92 Å². The van der Waals surface area contributed by atoms with Crippen molar-refractivity contribution in [3.05, 3.63) is 29.2 Å². The summed E-state index contributed by atoms with van der Waals surface area (Å²) in [5, 5.41) is 0.278. The topological polar surface area (TPSA) is 55.3 Å². The normalized spacial score (nSPS) is 15.2. The first-order chi connectivity index (χ1) is 11.5. The molecule has 0 amide bonds. The van der Waals surface area contributed by atoms with E-state index in [0.717, 1.165) is 6.08 Å². The van der Waals surface area contributed by atoms with Crippen LogP contribution in [0.3, 0.4) is 0 Å². The van der Waals surface area contributed by atoms with Crippen molar-refractivity contribution in [3.63, 3.8) is 0 Å². The molecule has 1 saturated heterocycles. The molecule has 0 radical (unpaired) electrons. The number of piperidine rings is 1. The molecule has 1 aliphatic heterocycles. The summed E-state index contributed by atoms with van der Waals surface area (Å²) in [5.41, 5.74) is 0.611. The van der Waals surface area contributed by atoms with Gasteiger partial charge in [0.15, 0.2) is 11.0 Å². The van der Waals surface area contributed by atoms with Gasteiger partial charge in [-0.3, -0.25) is 4.79 Å². The number of carbonyl (C=O) groups is 1. The first-order valence-corrected chi connectivity index (χ1v) is 8.33. The Balaban J connectivity index is 1.99. The molecule has 1 aromatic heterocycles. The van der Waals surface area contributed by atoms with Gasteiger partial charge in [-0.05, 0) is 38.7 Å². The minimum atomic E-state index is -1.70. The van der Waals surface area contributed by atoms with Gasteiger partial charge in [-0.25, -0.2) is 9.97 Å². The van der Waals surface area contributed by atoms with Crippen LogP contribution in [0.2, 0.25) is 5.15 Å². The minimum Gasteiger partial charge on any atom is -0.466 e. The monoisotopic (exact) mass is 359 g/mol. The highest BCUT2D eigenvalue weighted by Gasteiger charge is 2.27. The van der Waals surface area contributed by atoms with Crippen molar-refractivity contribution < 1.29 is 18.3 Å². The Bertz CT molecular complexity index is 601. The molecule has 2 heterocycles. The number of aryl methyl sites for hydroxylation is 1. The molecule has 0 saturated carbocycles. The van der Waals surface area contributed by atoms with E-state index >= 15 is 0 Å². The maximum Gasteiger partial charge on any atom is 0.309 e. The molecule has 0 unspecified atom stereocenters. The fraction of sp³-hybridized carbons (Fsp3) is 0.562. The van der Waals surface area contributed by atoms with Gasteiger partial charge in [0.2, 0.25) is 0 Å². The van der Waals surface area contributed by atoms with Crippen molar-refractivity contribution in [1.82, 2.24) is 9.97 Å². The Hall–Kier alpha value is -1.76. The molecular weight excluding hydrogens is 340 g/mol. The molecule has 2 rings (SSSR count). The Kier molecular flexibility index (Phi) is 6.90. The van der Waals surface area contributed by atoms with Gasteiger partial charge in [-0.2, -0.15) is 8.78 Å². The van der Waals surface area contributed by atoms with Crippen molar-refractivity contribution in [2.24, 2.45) is 5.92 Å². The molecule has 1 aliphatic rings. The predicted molar refractivity (Wildman–Crippen MR) is 87.2 cm³/mol. The van der Waals surface area contributed by atoms with E-state index in [4.69, 9.17) is 16.3 Å². The van der Waals surface area contributed by atoms with Crippen LogP contribution in [0.5, 0.6) is 0 Å². The summed E-state index contributed by atoms with van der Waals surface area (Å²) in [7, 11) is 0. The molecule has 8 heteroatoms. The predicted octanol–water partition coefficient (Wildman–Crippen LogP) is 3.62. The molecule has 132 valence electrons. The second-order valence-corrected chi connectivity index (χ2v) is 5.88. The maximum atomic E-state index is 12.1. The van der Waals surface area contributed by atoms with Crippen LogP contribution in [0.15, 0.2) is 18.4 Å². The van der Waals surface area contributed by atoms with Crippen LogP contribution in [-0.4, -0.2) is 35.6 Å². The lowest BCUT2D eigenvalue weighted by Gasteiger charge is -2.32. The molecule has 0 aromatic carbocycles. The van der Waals surface area contributed by atoms with Gasteiger partial charge in [-0.1, -0.05) is 11.6 Å². The molecule has 0 spiro atoms. The number of nitrogens with zero attached hydrogens (tertiary/aromatic N) is 3. The molecule has 5 nitrogen and oxygen atoms in total. The Morgan fingerprint density at radius 1 is 1.46 bits per heavy atom. The molecule has 1 fully saturated rings. The third-order valence-electron chi connectivity index (χ3n) is 3.87. The fourth-order valence-corrected chi connectivity index (χ4v) is 2.85. The number of hydrogen-bond acceptors (Lipinski definition) is 5. The van der Waals surface area contributed by atoms with Crippen molar-refractivity contribution >= 4 is 23.4 Å². The fourth-order valence-electron chi connectivity index (χ4n) is 2.64. The first-order valence-electron chi connectivity index (χ1n) is 7.95. The number of aromatic nitrogens is 2. The van der Waals surface area contributed by atoms with Crippen LogP contribution in [-0.2, 0) is 16.0 Å². The third-order valence-corrected chi connectivity index (χ3v) is 4.14. The van der Waals surface area contributed by atoms with Crippen molar-refractivity contribution in [2.45, 2.75) is 32.6 Å². The number of ether oxygens (including phenoxy) is 1. The summed E-state index contributed by atoms with van der Waals surface area (Å²) in [6, 6.07) is 0. The van der Waals surface area contributed by atoms with Gasteiger partial charge < -0.3 is 9.64 Å². The quantitative estimate of drug-likeness (QED) is 0.726. The average molecular weight is 360 g/mol. The molecular formula is C16H20ClF2N3O2. The highest BCUT2D eigenvalue weighted by Crippen LogP contribution is 2.27. The van der Waals surface area contributed by atoms with E-state index in [2.05, 4.69) is 9.97 Å². The van der Waals surface area contributed by atoms with Crippen LogP contribution in [0.1, 0.15) is 31.9 Å². The van der Waals surface area contributed by atoms with Crippen LogP contribution in [0.4, 0.5) is 14.6 Å². The zero-order valence-electron chi connectivity index (χ0n) is 13.5. The van der Waals surface area contributed by atoms with Gasteiger partial charge in [0.05, 0.1) is 24.4 Å². The van der Waals surface area contributed by atoms with Crippen molar-refractivity contribution in [2.75, 3.05) is 24.6 Å². The van der Waals surface area contributed by atoms with Gasteiger partial charge in [0.1, 0.15) is 0 Å². The highest BCUT2D eigenvalue weighted by molar-refractivity contribution is 6.31. The smallest absolute Gasteiger partial charge is 0.309 e. The van der Waals surface area contributed by atoms with Crippen LogP contribution in [0, 0.1) is 5.92 Å². The van der Waals surface area contributed by atoms with E-state index in [1.807, 2.05) is 4.90 Å². The number of hydrogen-bond donors (Lipinski definition) is 0. The largest absolute Gasteiger partial charge is 0.466 e. The average Bonchev–Trinajstić information content (AvgIpc) is 2.56. The van der Waals surface area contributed by atoms with Crippen LogP contribution >= 0.6 is 11.6 Å². The SMILES string of the molecule is CCOC(=O)C1CCN(c2nc(CCC=C(F)F)cnc2Cl)CC1. The van der Waals surface area contributed by atoms with E-state index < -0.39 is 6.08 Å². The van der Waals surface area contributed by atoms with Gasteiger partial charge in [0, 0.05) is 13.1 Å². The van der Waals surface area contributed by atoms with Crippen molar-refractivity contribution in [1.29, 1.82) is 0 Å². The Labute approximate surface area is 144 Å². The summed E-state index contributed by atoms with van der Waals surface area (Å²) in [6.45, 7) is 3.42. The van der Waals surface area contributed by atoms with Crippen LogP contribution < -0.4 is 4.90 Å². The number of allylic oxidation sites excluding steroid dienone is 1. The van der Waals surface area contributed by atoms with E-state index in [-0.39, 0.29) is 23.5 Å². The van der Waals surface area contributed by atoms with Gasteiger partial charge >= 0.3 is 5.97 Å². The van der Waals surface area contributed by atoms with Crippen LogP contribution in [0.25, 0.3) is 0 Å². The standard InChI is InChI=1S/C16H20ClF2N3O2/c1-2-24-16(23)11-6-8-22(9-7-11)15-14(17)20-10-12(21-15)4-3-5-13(18)19/h5,10-11H,2-4,6-9H2,1H3. The molecule has 0 N–H and O–H groups in total. The lowest BCUT2D eigenvalue weighted by atomic mass is 9.97. The molecule has 24 heavy (non-hydrogen) atoms. The number of halogens is 3. The number of rotatable bonds is 6. The highest BCUT2D eigenvalue weighted by atomic mass is 35.5.